The molecule has 0 unspecified atom stereocenters. The molecule has 0 aliphatic heterocycles. The summed E-state index contributed by atoms with van der Waals surface area (Å²) >= 11 is 0. The van der Waals surface area contributed by atoms with Crippen LogP contribution in [0.3, 0.4) is 0 Å². The van der Waals surface area contributed by atoms with Gasteiger partial charge in [-0.15, -0.1) is 0 Å². The Labute approximate surface area is 132 Å². The summed E-state index contributed by atoms with van der Waals surface area (Å²) in [6.07, 6.45) is 6.04. The quantitative estimate of drug-likeness (QED) is 0.877. The van der Waals surface area contributed by atoms with Gasteiger partial charge >= 0.3 is 6.03 Å². The van der Waals surface area contributed by atoms with Crippen molar-refractivity contribution in [3.63, 3.8) is 0 Å². The molecule has 0 atom stereocenters. The normalized spacial score (nSPS) is 15.5. The SMILES string of the molecule is CN(CC(=O)NC(=O)NCc1ccccc1)C1CCCCC1. The third-order valence-electron chi connectivity index (χ3n) is 4.14. The fourth-order valence-electron chi connectivity index (χ4n) is 2.87. The van der Waals surface area contributed by atoms with Crippen molar-refractivity contribution in [1.29, 1.82) is 0 Å². The van der Waals surface area contributed by atoms with E-state index in [1.54, 1.807) is 0 Å². The van der Waals surface area contributed by atoms with Gasteiger partial charge in [0, 0.05) is 12.6 Å². The van der Waals surface area contributed by atoms with Crippen LogP contribution in [0.2, 0.25) is 0 Å². The number of hydrogen-bond acceptors (Lipinski definition) is 3. The van der Waals surface area contributed by atoms with E-state index in [0.29, 0.717) is 12.6 Å². The van der Waals surface area contributed by atoms with Gasteiger partial charge in [0.2, 0.25) is 5.91 Å². The molecule has 0 spiro atoms. The fraction of sp³-hybridized carbons (Fsp3) is 0.529. The molecule has 5 heteroatoms. The van der Waals surface area contributed by atoms with Gasteiger partial charge in [-0.2, -0.15) is 0 Å². The van der Waals surface area contributed by atoms with E-state index < -0.39 is 6.03 Å². The molecule has 22 heavy (non-hydrogen) atoms. The van der Waals surface area contributed by atoms with Crippen molar-refractivity contribution in [2.75, 3.05) is 13.6 Å². The lowest BCUT2D eigenvalue weighted by molar-refractivity contribution is -0.121. The molecule has 0 heterocycles. The summed E-state index contributed by atoms with van der Waals surface area (Å²) < 4.78 is 0. The Morgan fingerprint density at radius 3 is 2.50 bits per heavy atom. The highest BCUT2D eigenvalue weighted by Gasteiger charge is 2.20. The maximum atomic E-state index is 11.9. The van der Waals surface area contributed by atoms with Crippen LogP contribution >= 0.6 is 0 Å². The van der Waals surface area contributed by atoms with Gasteiger partial charge in [0.25, 0.3) is 0 Å². The van der Waals surface area contributed by atoms with E-state index in [1.807, 2.05) is 37.4 Å². The summed E-state index contributed by atoms with van der Waals surface area (Å²) in [5, 5.41) is 5.08. The van der Waals surface area contributed by atoms with Crippen molar-refractivity contribution >= 4 is 11.9 Å². The minimum atomic E-state index is -0.439. The lowest BCUT2D eigenvalue weighted by Gasteiger charge is -2.30. The Bertz CT molecular complexity index is 484. The first-order chi connectivity index (χ1) is 10.6. The summed E-state index contributed by atoms with van der Waals surface area (Å²) in [6, 6.07) is 9.64. The Kier molecular flexibility index (Phi) is 6.40. The van der Waals surface area contributed by atoms with Crippen molar-refractivity contribution in [3.05, 3.63) is 35.9 Å². The average Bonchev–Trinajstić information content (AvgIpc) is 2.54. The Balaban J connectivity index is 1.68. The van der Waals surface area contributed by atoms with E-state index in [1.165, 1.54) is 19.3 Å². The van der Waals surface area contributed by atoms with Gasteiger partial charge in [-0.05, 0) is 25.5 Å². The molecule has 1 aromatic carbocycles. The first-order valence-electron chi connectivity index (χ1n) is 7.97. The van der Waals surface area contributed by atoms with Gasteiger partial charge in [0.1, 0.15) is 0 Å². The second-order valence-corrected chi connectivity index (χ2v) is 5.92. The number of imide groups is 1. The van der Waals surface area contributed by atoms with Crippen molar-refractivity contribution in [2.45, 2.75) is 44.7 Å². The van der Waals surface area contributed by atoms with Crippen molar-refractivity contribution < 1.29 is 9.59 Å². The van der Waals surface area contributed by atoms with Crippen molar-refractivity contribution in [1.82, 2.24) is 15.5 Å². The van der Waals surface area contributed by atoms with E-state index >= 15 is 0 Å². The Morgan fingerprint density at radius 2 is 1.82 bits per heavy atom. The summed E-state index contributed by atoms with van der Waals surface area (Å²) in [5.41, 5.74) is 1.00. The molecule has 0 radical (unpaired) electrons. The third-order valence-corrected chi connectivity index (χ3v) is 4.14. The molecule has 1 fully saturated rings. The molecule has 120 valence electrons. The molecule has 1 aliphatic carbocycles. The minimum absolute atomic E-state index is 0.251. The number of rotatable bonds is 5. The van der Waals surface area contributed by atoms with Crippen LogP contribution in [-0.4, -0.2) is 36.5 Å². The predicted molar refractivity (Wildman–Crippen MR) is 86.3 cm³/mol. The number of carbonyl (C=O) groups is 2. The Hall–Kier alpha value is -1.88. The molecule has 1 aromatic rings. The monoisotopic (exact) mass is 303 g/mol. The van der Waals surface area contributed by atoms with E-state index in [9.17, 15) is 9.59 Å². The molecule has 0 aromatic heterocycles. The summed E-state index contributed by atoms with van der Waals surface area (Å²) in [4.78, 5) is 25.7. The minimum Gasteiger partial charge on any atom is -0.334 e. The standard InChI is InChI=1S/C17H25N3O2/c1-20(15-10-6-3-7-11-15)13-16(21)19-17(22)18-12-14-8-4-2-5-9-14/h2,4-5,8-9,15H,3,6-7,10-13H2,1H3,(H2,18,19,21,22). The predicted octanol–water partition coefficient (Wildman–Crippen LogP) is 2.28. The topological polar surface area (TPSA) is 61.4 Å². The van der Waals surface area contributed by atoms with E-state index in [0.717, 1.165) is 18.4 Å². The van der Waals surface area contributed by atoms with E-state index in [4.69, 9.17) is 0 Å². The van der Waals surface area contributed by atoms with Crippen LogP contribution in [0, 0.1) is 0 Å². The number of benzene rings is 1. The average molecular weight is 303 g/mol. The fourth-order valence-corrected chi connectivity index (χ4v) is 2.87. The van der Waals surface area contributed by atoms with Crippen LogP contribution < -0.4 is 10.6 Å². The molecule has 2 N–H and O–H groups in total. The maximum absolute atomic E-state index is 11.9. The summed E-state index contributed by atoms with van der Waals surface area (Å²) in [6.45, 7) is 0.682. The zero-order valence-corrected chi connectivity index (χ0v) is 13.2. The molecule has 0 saturated heterocycles. The van der Waals surface area contributed by atoms with Crippen LogP contribution in [-0.2, 0) is 11.3 Å². The molecular formula is C17H25N3O2. The van der Waals surface area contributed by atoms with Gasteiger partial charge < -0.3 is 5.32 Å². The van der Waals surface area contributed by atoms with Crippen LogP contribution in [0.1, 0.15) is 37.7 Å². The highest BCUT2D eigenvalue weighted by atomic mass is 16.2. The second-order valence-electron chi connectivity index (χ2n) is 5.92. The molecular weight excluding hydrogens is 278 g/mol. The lowest BCUT2D eigenvalue weighted by Crippen LogP contribution is -2.46. The van der Waals surface area contributed by atoms with Crippen LogP contribution in [0.5, 0.6) is 0 Å². The summed E-state index contributed by atoms with van der Waals surface area (Å²) in [5.74, 6) is -0.251. The molecule has 1 aliphatic rings. The molecule has 5 nitrogen and oxygen atoms in total. The van der Waals surface area contributed by atoms with Gasteiger partial charge in [-0.3, -0.25) is 15.0 Å². The first-order valence-corrected chi connectivity index (χ1v) is 7.97. The molecule has 2 rings (SSSR count). The van der Waals surface area contributed by atoms with E-state index in [-0.39, 0.29) is 12.5 Å². The van der Waals surface area contributed by atoms with Crippen LogP contribution in [0.4, 0.5) is 4.79 Å². The van der Waals surface area contributed by atoms with Gasteiger partial charge in [0.15, 0.2) is 0 Å². The number of nitrogens with zero attached hydrogens (tertiary/aromatic N) is 1. The smallest absolute Gasteiger partial charge is 0.321 e. The zero-order valence-electron chi connectivity index (χ0n) is 13.2. The van der Waals surface area contributed by atoms with Crippen LogP contribution in [0.25, 0.3) is 0 Å². The number of hydrogen-bond donors (Lipinski definition) is 2. The molecule has 3 amide bonds. The van der Waals surface area contributed by atoms with Gasteiger partial charge in [-0.25, -0.2) is 4.79 Å². The maximum Gasteiger partial charge on any atom is 0.321 e. The molecule has 0 bridgehead atoms. The Morgan fingerprint density at radius 1 is 1.14 bits per heavy atom. The summed E-state index contributed by atoms with van der Waals surface area (Å²) in [7, 11) is 1.96. The number of carbonyl (C=O) groups excluding carboxylic acids is 2. The number of urea groups is 1. The third kappa shape index (κ3) is 5.48. The van der Waals surface area contributed by atoms with Crippen molar-refractivity contribution in [3.8, 4) is 0 Å². The number of amides is 3. The highest BCUT2D eigenvalue weighted by Crippen LogP contribution is 2.21. The first kappa shape index (κ1) is 16.5. The van der Waals surface area contributed by atoms with Gasteiger partial charge in [-0.1, -0.05) is 49.6 Å². The second kappa shape index (κ2) is 8.54. The highest BCUT2D eigenvalue weighted by molar-refractivity contribution is 5.95. The lowest BCUT2D eigenvalue weighted by atomic mass is 9.94. The zero-order chi connectivity index (χ0) is 15.8. The number of likely N-dealkylation sites (N-methyl/N-ethyl adjacent to an activating group) is 1. The van der Waals surface area contributed by atoms with Gasteiger partial charge in [0.05, 0.1) is 6.54 Å². The largest absolute Gasteiger partial charge is 0.334 e. The van der Waals surface area contributed by atoms with Crippen LogP contribution in [0.15, 0.2) is 30.3 Å². The molecule has 1 saturated carbocycles. The van der Waals surface area contributed by atoms with E-state index in [2.05, 4.69) is 15.5 Å². The number of nitrogens with one attached hydrogen (secondary N) is 2. The van der Waals surface area contributed by atoms with Crippen molar-refractivity contribution in [2.24, 2.45) is 0 Å².